The summed E-state index contributed by atoms with van der Waals surface area (Å²) >= 11 is 0. The molecule has 2 aromatic carbocycles. The number of hydrogen-bond donors (Lipinski definition) is 2. The Labute approximate surface area is 193 Å². The third-order valence-electron chi connectivity index (χ3n) is 5.00. The fraction of sp³-hybridized carbons (Fsp3) is 0.174. The Bertz CT molecular complexity index is 1410. The SMILES string of the molecule is COC(=O)COc1ccc(-c2nc3c(C#N)c[nH]n3c2Nc2ccc(F)c(OC)c2)cc1OC. The molecule has 2 N–H and O–H groups in total. The number of benzene rings is 2. The number of nitrogens with zero attached hydrogens (tertiary/aromatic N) is 3. The first kappa shape index (κ1) is 22.5. The van der Waals surface area contributed by atoms with E-state index in [1.54, 1.807) is 28.8 Å². The Kier molecular flexibility index (Phi) is 6.22. The molecule has 0 amide bonds. The third-order valence-corrected chi connectivity index (χ3v) is 5.00. The van der Waals surface area contributed by atoms with Crippen LogP contribution in [0.3, 0.4) is 0 Å². The second kappa shape index (κ2) is 9.41. The molecule has 0 aliphatic heterocycles. The number of esters is 1. The number of carbonyl (C=O) groups is 1. The van der Waals surface area contributed by atoms with E-state index in [1.165, 1.54) is 39.7 Å². The van der Waals surface area contributed by atoms with Crippen LogP contribution in [0.4, 0.5) is 15.9 Å². The molecule has 0 radical (unpaired) electrons. The number of fused-ring (bicyclic) bond motifs is 1. The standard InChI is InChI=1S/C23H20FN5O5/c1-31-18-9-15(5-6-16(18)24)27-23-21(28-22-14(10-25)11-26-29(22)23)13-4-7-17(19(8-13)32-2)34-12-20(30)33-3/h4-9,11,26-27H,12H2,1-3H3. The fourth-order valence-electron chi connectivity index (χ4n) is 3.32. The zero-order chi connectivity index (χ0) is 24.2. The topological polar surface area (TPSA) is 123 Å². The first-order valence-corrected chi connectivity index (χ1v) is 9.97. The lowest BCUT2D eigenvalue weighted by molar-refractivity contribution is -0.142. The van der Waals surface area contributed by atoms with E-state index in [-0.39, 0.29) is 12.4 Å². The average molecular weight is 465 g/mol. The number of aromatic nitrogens is 3. The van der Waals surface area contributed by atoms with Crippen molar-refractivity contribution < 1.29 is 28.1 Å². The zero-order valence-electron chi connectivity index (χ0n) is 18.5. The van der Waals surface area contributed by atoms with Crippen LogP contribution in [0.2, 0.25) is 0 Å². The Hall–Kier alpha value is -4.72. The Balaban J connectivity index is 1.79. The van der Waals surface area contributed by atoms with Crippen molar-refractivity contribution in [1.82, 2.24) is 14.6 Å². The molecule has 2 heterocycles. The second-order valence-corrected chi connectivity index (χ2v) is 6.97. The highest BCUT2D eigenvalue weighted by molar-refractivity contribution is 5.82. The number of halogens is 1. The molecule has 0 bridgehead atoms. The summed E-state index contributed by atoms with van der Waals surface area (Å²) in [4.78, 5) is 16.1. The largest absolute Gasteiger partial charge is 0.494 e. The fourth-order valence-corrected chi connectivity index (χ4v) is 3.32. The predicted molar refractivity (Wildman–Crippen MR) is 120 cm³/mol. The summed E-state index contributed by atoms with van der Waals surface area (Å²) in [5, 5.41) is 15.7. The summed E-state index contributed by atoms with van der Waals surface area (Å²) in [6.07, 6.45) is 1.53. The molecule has 4 rings (SSSR count). The van der Waals surface area contributed by atoms with Crippen LogP contribution < -0.4 is 19.5 Å². The van der Waals surface area contributed by atoms with Gasteiger partial charge in [-0.05, 0) is 30.3 Å². The van der Waals surface area contributed by atoms with Crippen molar-refractivity contribution in [2.45, 2.75) is 0 Å². The van der Waals surface area contributed by atoms with Crippen LogP contribution in [-0.2, 0) is 9.53 Å². The molecule has 2 aromatic heterocycles. The van der Waals surface area contributed by atoms with E-state index >= 15 is 0 Å². The van der Waals surface area contributed by atoms with Gasteiger partial charge in [0.2, 0.25) is 0 Å². The highest BCUT2D eigenvalue weighted by Crippen LogP contribution is 2.37. The molecule has 10 nitrogen and oxygen atoms in total. The van der Waals surface area contributed by atoms with E-state index in [1.807, 2.05) is 0 Å². The van der Waals surface area contributed by atoms with Crippen LogP contribution in [0.15, 0.2) is 42.6 Å². The van der Waals surface area contributed by atoms with Crippen molar-refractivity contribution in [3.05, 3.63) is 54.0 Å². The van der Waals surface area contributed by atoms with Crippen molar-refractivity contribution in [3.8, 4) is 34.6 Å². The van der Waals surface area contributed by atoms with Gasteiger partial charge in [-0.25, -0.2) is 18.7 Å². The maximum absolute atomic E-state index is 13.9. The number of aromatic amines is 1. The van der Waals surface area contributed by atoms with Gasteiger partial charge in [-0.2, -0.15) is 5.26 Å². The molecular formula is C23H20FN5O5. The first-order valence-electron chi connectivity index (χ1n) is 9.97. The maximum Gasteiger partial charge on any atom is 0.343 e. The minimum atomic E-state index is -0.528. The highest BCUT2D eigenvalue weighted by Gasteiger charge is 2.20. The quantitative estimate of drug-likeness (QED) is 0.378. The van der Waals surface area contributed by atoms with Crippen LogP contribution in [-0.4, -0.2) is 48.5 Å². The summed E-state index contributed by atoms with van der Waals surface area (Å²) in [5.74, 6) is 0.260. The molecule has 0 aliphatic rings. The van der Waals surface area contributed by atoms with Gasteiger partial charge in [0.25, 0.3) is 0 Å². The van der Waals surface area contributed by atoms with Crippen molar-refractivity contribution in [2.75, 3.05) is 33.3 Å². The first-order chi connectivity index (χ1) is 16.5. The van der Waals surface area contributed by atoms with E-state index < -0.39 is 11.8 Å². The predicted octanol–water partition coefficient (Wildman–Crippen LogP) is 3.65. The van der Waals surface area contributed by atoms with Gasteiger partial charge in [0, 0.05) is 23.5 Å². The lowest BCUT2D eigenvalue weighted by atomic mass is 10.1. The van der Waals surface area contributed by atoms with Crippen molar-refractivity contribution >= 4 is 23.1 Å². The third kappa shape index (κ3) is 4.16. The minimum absolute atomic E-state index is 0.0743. The van der Waals surface area contributed by atoms with Gasteiger partial charge < -0.3 is 24.3 Å². The number of imidazole rings is 1. The summed E-state index contributed by atoms with van der Waals surface area (Å²) in [6.45, 7) is -0.273. The number of ether oxygens (including phenoxy) is 4. The number of methoxy groups -OCH3 is 3. The zero-order valence-corrected chi connectivity index (χ0v) is 18.5. The van der Waals surface area contributed by atoms with E-state index in [0.717, 1.165) is 0 Å². The molecule has 0 aliphatic carbocycles. The average Bonchev–Trinajstić information content (AvgIpc) is 3.43. The maximum atomic E-state index is 13.9. The molecule has 0 spiro atoms. The van der Waals surface area contributed by atoms with Crippen LogP contribution in [0, 0.1) is 17.1 Å². The van der Waals surface area contributed by atoms with Crippen molar-refractivity contribution in [3.63, 3.8) is 0 Å². The summed E-state index contributed by atoms with van der Waals surface area (Å²) in [5.41, 5.74) is 2.42. The molecular weight excluding hydrogens is 445 g/mol. The summed E-state index contributed by atoms with van der Waals surface area (Å²) in [6, 6.07) is 11.5. The lowest BCUT2D eigenvalue weighted by Crippen LogP contribution is -2.12. The number of carbonyl (C=O) groups excluding carboxylic acids is 1. The monoisotopic (exact) mass is 465 g/mol. The summed E-state index contributed by atoms with van der Waals surface area (Å²) < 4.78 is 36.1. The molecule has 34 heavy (non-hydrogen) atoms. The second-order valence-electron chi connectivity index (χ2n) is 6.97. The van der Waals surface area contributed by atoms with E-state index in [9.17, 15) is 14.4 Å². The van der Waals surface area contributed by atoms with Gasteiger partial charge in [-0.3, -0.25) is 5.10 Å². The molecule has 0 fully saturated rings. The molecule has 11 heteroatoms. The van der Waals surface area contributed by atoms with E-state index in [0.29, 0.717) is 45.5 Å². The number of nitriles is 1. The summed E-state index contributed by atoms with van der Waals surface area (Å²) in [7, 11) is 4.12. The Morgan fingerprint density at radius 2 is 1.94 bits per heavy atom. The van der Waals surface area contributed by atoms with Gasteiger partial charge in [-0.15, -0.1) is 0 Å². The number of rotatable bonds is 8. The van der Waals surface area contributed by atoms with Gasteiger partial charge in [-0.1, -0.05) is 0 Å². The molecule has 4 aromatic rings. The molecule has 174 valence electrons. The number of hydrogen-bond acceptors (Lipinski definition) is 8. The molecule has 0 atom stereocenters. The Morgan fingerprint density at radius 1 is 1.15 bits per heavy atom. The highest BCUT2D eigenvalue weighted by atomic mass is 19.1. The van der Waals surface area contributed by atoms with Crippen LogP contribution in [0.5, 0.6) is 17.2 Å². The van der Waals surface area contributed by atoms with Crippen LogP contribution in [0.25, 0.3) is 16.9 Å². The Morgan fingerprint density at radius 3 is 2.65 bits per heavy atom. The van der Waals surface area contributed by atoms with Crippen molar-refractivity contribution in [2.24, 2.45) is 0 Å². The van der Waals surface area contributed by atoms with Crippen molar-refractivity contribution in [1.29, 1.82) is 5.26 Å². The normalized spacial score (nSPS) is 10.6. The van der Waals surface area contributed by atoms with Gasteiger partial charge >= 0.3 is 5.97 Å². The smallest absolute Gasteiger partial charge is 0.343 e. The molecule has 0 saturated heterocycles. The minimum Gasteiger partial charge on any atom is -0.494 e. The van der Waals surface area contributed by atoms with Gasteiger partial charge in [0.15, 0.2) is 41.1 Å². The number of H-pyrrole nitrogens is 1. The van der Waals surface area contributed by atoms with Crippen LogP contribution in [0.1, 0.15) is 5.56 Å². The molecule has 0 saturated carbocycles. The number of nitrogens with one attached hydrogen (secondary N) is 2. The lowest BCUT2D eigenvalue weighted by Gasteiger charge is -2.13. The van der Waals surface area contributed by atoms with Crippen LogP contribution >= 0.6 is 0 Å². The number of anilines is 2. The van der Waals surface area contributed by atoms with E-state index in [2.05, 4.69) is 26.2 Å². The van der Waals surface area contributed by atoms with E-state index in [4.69, 9.17) is 14.2 Å². The van der Waals surface area contributed by atoms with Gasteiger partial charge in [0.1, 0.15) is 17.3 Å². The molecule has 0 unspecified atom stereocenters. The van der Waals surface area contributed by atoms with Gasteiger partial charge in [0.05, 0.1) is 21.3 Å².